The molecule has 0 aromatic heterocycles. The fourth-order valence-electron chi connectivity index (χ4n) is 1.30. The number of allylic oxidation sites excluding steroid dienone is 1. The van der Waals surface area contributed by atoms with Crippen molar-refractivity contribution >= 4 is 5.91 Å². The van der Waals surface area contributed by atoms with Crippen LogP contribution in [0.5, 0.6) is 0 Å². The van der Waals surface area contributed by atoms with Crippen molar-refractivity contribution in [2.24, 2.45) is 5.92 Å². The van der Waals surface area contributed by atoms with E-state index in [9.17, 15) is 4.79 Å². The molecule has 1 fully saturated rings. The van der Waals surface area contributed by atoms with Crippen LogP contribution in [-0.2, 0) is 4.79 Å². The fourth-order valence-corrected chi connectivity index (χ4v) is 1.30. The van der Waals surface area contributed by atoms with Gasteiger partial charge in [-0.1, -0.05) is 5.57 Å². The molecule has 1 amide bonds. The second-order valence-corrected chi connectivity index (χ2v) is 3.04. The molecule has 1 saturated heterocycles. The summed E-state index contributed by atoms with van der Waals surface area (Å²) in [5, 5.41) is 2.79. The lowest BCUT2D eigenvalue weighted by atomic mass is 10.0. The van der Waals surface area contributed by atoms with Crippen LogP contribution >= 0.6 is 0 Å². The predicted molar refractivity (Wildman–Crippen MR) is 40.5 cm³/mol. The maximum Gasteiger partial charge on any atom is 0.220 e. The Morgan fingerprint density at radius 1 is 1.90 bits per heavy atom. The molecule has 1 atom stereocenters. The number of nitrogens with one attached hydrogen (secondary N) is 1. The molecule has 0 saturated carbocycles. The van der Waals surface area contributed by atoms with Crippen molar-refractivity contribution in [2.75, 3.05) is 6.54 Å². The molecular weight excluding hydrogens is 126 g/mol. The Hall–Kier alpha value is -0.790. The highest BCUT2D eigenvalue weighted by molar-refractivity contribution is 5.78. The van der Waals surface area contributed by atoms with E-state index in [1.54, 1.807) is 0 Å². The lowest BCUT2D eigenvalue weighted by Gasteiger charge is -2.04. The Morgan fingerprint density at radius 2 is 2.60 bits per heavy atom. The fraction of sp³-hybridized carbons (Fsp3) is 0.625. The summed E-state index contributed by atoms with van der Waals surface area (Å²) in [6.45, 7) is 6.65. The molecule has 0 aromatic rings. The van der Waals surface area contributed by atoms with Crippen LogP contribution in [0.3, 0.4) is 0 Å². The zero-order valence-corrected chi connectivity index (χ0v) is 6.31. The molecule has 0 aromatic carbocycles. The third-order valence-electron chi connectivity index (χ3n) is 1.70. The van der Waals surface area contributed by atoms with E-state index in [0.717, 1.165) is 13.0 Å². The molecule has 0 spiro atoms. The lowest BCUT2D eigenvalue weighted by molar-refractivity contribution is -0.119. The van der Waals surface area contributed by atoms with E-state index in [1.807, 2.05) is 6.92 Å². The van der Waals surface area contributed by atoms with Crippen molar-refractivity contribution in [3.05, 3.63) is 12.2 Å². The summed E-state index contributed by atoms with van der Waals surface area (Å²) < 4.78 is 0. The predicted octanol–water partition coefficient (Wildman–Crippen LogP) is 1.09. The molecule has 1 aliphatic heterocycles. The monoisotopic (exact) mass is 139 g/mol. The summed E-state index contributed by atoms with van der Waals surface area (Å²) >= 11 is 0. The van der Waals surface area contributed by atoms with Gasteiger partial charge in [0.15, 0.2) is 0 Å². The molecule has 10 heavy (non-hydrogen) atoms. The first-order valence-electron chi connectivity index (χ1n) is 3.59. The molecule has 1 aliphatic rings. The average Bonchev–Trinajstić information content (AvgIpc) is 2.13. The van der Waals surface area contributed by atoms with Gasteiger partial charge in [0.05, 0.1) is 0 Å². The number of amides is 1. The molecule has 0 radical (unpaired) electrons. The normalized spacial score (nSPS) is 24.5. The minimum Gasteiger partial charge on any atom is -0.356 e. The van der Waals surface area contributed by atoms with E-state index in [-0.39, 0.29) is 5.91 Å². The van der Waals surface area contributed by atoms with Crippen molar-refractivity contribution < 1.29 is 4.79 Å². The number of hydrogen-bond donors (Lipinski definition) is 1. The first-order valence-corrected chi connectivity index (χ1v) is 3.59. The van der Waals surface area contributed by atoms with Crippen LogP contribution in [-0.4, -0.2) is 12.5 Å². The maximum absolute atomic E-state index is 10.7. The quantitative estimate of drug-likeness (QED) is 0.570. The second kappa shape index (κ2) is 2.86. The Bertz CT molecular complexity index is 163. The van der Waals surface area contributed by atoms with Crippen molar-refractivity contribution in [1.82, 2.24) is 5.32 Å². The highest BCUT2D eigenvalue weighted by Crippen LogP contribution is 2.16. The number of rotatable bonds is 2. The molecule has 0 bridgehead atoms. The standard InChI is InChI=1S/C8H13NO/c1-6(2)3-7-4-8(10)9-5-7/h7H,1,3-5H2,2H3,(H,9,10)/t7-/m0/s1. The van der Waals surface area contributed by atoms with Crippen molar-refractivity contribution in [3.8, 4) is 0 Å². The summed E-state index contributed by atoms with van der Waals surface area (Å²) in [5.74, 6) is 0.691. The minimum atomic E-state index is 0.186. The van der Waals surface area contributed by atoms with E-state index in [2.05, 4.69) is 11.9 Å². The topological polar surface area (TPSA) is 29.1 Å². The van der Waals surface area contributed by atoms with E-state index < -0.39 is 0 Å². The van der Waals surface area contributed by atoms with Crippen LogP contribution in [0.15, 0.2) is 12.2 Å². The molecule has 1 N–H and O–H groups in total. The van der Waals surface area contributed by atoms with Gasteiger partial charge in [-0.15, -0.1) is 6.58 Å². The summed E-state index contributed by atoms with van der Waals surface area (Å²) in [6.07, 6.45) is 1.67. The molecule has 0 unspecified atom stereocenters. The highest BCUT2D eigenvalue weighted by Gasteiger charge is 2.20. The van der Waals surface area contributed by atoms with Crippen molar-refractivity contribution in [1.29, 1.82) is 0 Å². The van der Waals surface area contributed by atoms with Gasteiger partial charge in [-0.25, -0.2) is 0 Å². The van der Waals surface area contributed by atoms with Gasteiger partial charge in [-0.2, -0.15) is 0 Å². The van der Waals surface area contributed by atoms with Crippen LogP contribution in [0.25, 0.3) is 0 Å². The van der Waals surface area contributed by atoms with E-state index in [1.165, 1.54) is 5.57 Å². The van der Waals surface area contributed by atoms with Gasteiger partial charge in [0.25, 0.3) is 0 Å². The second-order valence-electron chi connectivity index (χ2n) is 3.04. The smallest absolute Gasteiger partial charge is 0.220 e. The van der Waals surface area contributed by atoms with Crippen LogP contribution in [0.4, 0.5) is 0 Å². The molecule has 0 aliphatic carbocycles. The van der Waals surface area contributed by atoms with Crippen LogP contribution < -0.4 is 5.32 Å². The Labute approximate surface area is 61.3 Å². The summed E-state index contributed by atoms with van der Waals surface area (Å²) in [7, 11) is 0. The summed E-state index contributed by atoms with van der Waals surface area (Å²) in [6, 6.07) is 0. The zero-order chi connectivity index (χ0) is 7.56. The molecule has 1 rings (SSSR count). The Balaban J connectivity index is 2.31. The van der Waals surface area contributed by atoms with Gasteiger partial charge in [-0.3, -0.25) is 4.79 Å². The molecule has 1 heterocycles. The number of carbonyl (C=O) groups excluding carboxylic acids is 1. The third kappa shape index (κ3) is 1.87. The number of hydrogen-bond acceptors (Lipinski definition) is 1. The first-order chi connectivity index (χ1) is 4.68. The van der Waals surface area contributed by atoms with Crippen LogP contribution in [0.2, 0.25) is 0 Å². The van der Waals surface area contributed by atoms with E-state index in [4.69, 9.17) is 0 Å². The highest BCUT2D eigenvalue weighted by atomic mass is 16.1. The third-order valence-corrected chi connectivity index (χ3v) is 1.70. The van der Waals surface area contributed by atoms with E-state index in [0.29, 0.717) is 12.3 Å². The van der Waals surface area contributed by atoms with Gasteiger partial charge >= 0.3 is 0 Å². The average molecular weight is 139 g/mol. The molecule has 2 heteroatoms. The summed E-state index contributed by atoms with van der Waals surface area (Å²) in [5.41, 5.74) is 1.17. The largest absolute Gasteiger partial charge is 0.356 e. The van der Waals surface area contributed by atoms with Gasteiger partial charge in [-0.05, 0) is 19.3 Å². The van der Waals surface area contributed by atoms with Gasteiger partial charge in [0.1, 0.15) is 0 Å². The lowest BCUT2D eigenvalue weighted by Crippen LogP contribution is -2.13. The Kier molecular flexibility index (Phi) is 2.10. The van der Waals surface area contributed by atoms with E-state index >= 15 is 0 Å². The first kappa shape index (κ1) is 7.32. The zero-order valence-electron chi connectivity index (χ0n) is 6.31. The maximum atomic E-state index is 10.7. The Morgan fingerprint density at radius 3 is 3.00 bits per heavy atom. The summed E-state index contributed by atoms with van der Waals surface area (Å²) in [4.78, 5) is 10.7. The van der Waals surface area contributed by atoms with Crippen LogP contribution in [0, 0.1) is 5.92 Å². The van der Waals surface area contributed by atoms with Gasteiger partial charge in [0, 0.05) is 13.0 Å². The minimum absolute atomic E-state index is 0.186. The molecule has 56 valence electrons. The van der Waals surface area contributed by atoms with Gasteiger partial charge in [0.2, 0.25) is 5.91 Å². The van der Waals surface area contributed by atoms with Crippen molar-refractivity contribution in [3.63, 3.8) is 0 Å². The SMILES string of the molecule is C=C(C)C[C@@H]1CNC(=O)C1. The number of carbonyl (C=O) groups is 1. The molecular formula is C8H13NO. The van der Waals surface area contributed by atoms with Gasteiger partial charge < -0.3 is 5.32 Å². The molecule has 2 nitrogen and oxygen atoms in total. The van der Waals surface area contributed by atoms with Crippen molar-refractivity contribution in [2.45, 2.75) is 19.8 Å². The van der Waals surface area contributed by atoms with Crippen LogP contribution in [0.1, 0.15) is 19.8 Å².